The summed E-state index contributed by atoms with van der Waals surface area (Å²) in [5.74, 6) is 1.75. The normalized spacial score (nSPS) is 16.7. The van der Waals surface area contributed by atoms with Gasteiger partial charge in [0.1, 0.15) is 11.4 Å². The van der Waals surface area contributed by atoms with Crippen molar-refractivity contribution in [2.24, 2.45) is 0 Å². The Balaban J connectivity index is 1.56. The summed E-state index contributed by atoms with van der Waals surface area (Å²) < 4.78 is 16.1. The van der Waals surface area contributed by atoms with Crippen LogP contribution in [0.4, 0.5) is 0 Å². The number of aromatic nitrogens is 2. The van der Waals surface area contributed by atoms with Gasteiger partial charge in [-0.3, -0.25) is 4.79 Å². The molecule has 2 aromatic heterocycles. The zero-order chi connectivity index (χ0) is 19.7. The molecular weight excluding hydrogens is 358 g/mol. The summed E-state index contributed by atoms with van der Waals surface area (Å²) in [7, 11) is 1.61. The van der Waals surface area contributed by atoms with Crippen LogP contribution in [0.5, 0.6) is 5.75 Å². The fourth-order valence-electron chi connectivity index (χ4n) is 3.47. The zero-order valence-electron chi connectivity index (χ0n) is 16.2. The SMILES string of the molecule is COc1cccc(-c2cc(C(=O)N3CCCC3c3cc(C(C)C)no3)on2)c1. The minimum Gasteiger partial charge on any atom is -0.497 e. The topological polar surface area (TPSA) is 81.6 Å². The van der Waals surface area contributed by atoms with Crippen LogP contribution in [-0.2, 0) is 0 Å². The molecule has 0 spiro atoms. The van der Waals surface area contributed by atoms with Crippen LogP contribution in [0.3, 0.4) is 0 Å². The third-order valence-corrected chi connectivity index (χ3v) is 5.07. The van der Waals surface area contributed by atoms with Gasteiger partial charge >= 0.3 is 0 Å². The van der Waals surface area contributed by atoms with Gasteiger partial charge in [0.15, 0.2) is 5.76 Å². The maximum atomic E-state index is 13.0. The van der Waals surface area contributed by atoms with Crippen LogP contribution >= 0.6 is 0 Å². The molecule has 1 aliphatic heterocycles. The number of carbonyl (C=O) groups is 1. The van der Waals surface area contributed by atoms with Gasteiger partial charge in [-0.15, -0.1) is 0 Å². The van der Waals surface area contributed by atoms with E-state index in [9.17, 15) is 4.79 Å². The number of rotatable bonds is 5. The van der Waals surface area contributed by atoms with Gasteiger partial charge in [-0.05, 0) is 30.9 Å². The van der Waals surface area contributed by atoms with Crippen molar-refractivity contribution in [2.45, 2.75) is 38.6 Å². The number of hydrogen-bond donors (Lipinski definition) is 0. The van der Waals surface area contributed by atoms with Crippen molar-refractivity contribution < 1.29 is 18.6 Å². The van der Waals surface area contributed by atoms with Gasteiger partial charge in [0.25, 0.3) is 5.91 Å². The van der Waals surface area contributed by atoms with Crippen molar-refractivity contribution in [1.82, 2.24) is 15.2 Å². The van der Waals surface area contributed by atoms with E-state index < -0.39 is 0 Å². The lowest BCUT2D eigenvalue weighted by atomic mass is 10.1. The second-order valence-corrected chi connectivity index (χ2v) is 7.27. The average molecular weight is 381 g/mol. The molecule has 7 heteroatoms. The van der Waals surface area contributed by atoms with Crippen LogP contribution in [0.1, 0.15) is 60.7 Å². The predicted molar refractivity (Wildman–Crippen MR) is 102 cm³/mol. The second kappa shape index (κ2) is 7.50. The molecule has 0 radical (unpaired) electrons. The molecule has 1 aliphatic rings. The highest BCUT2D eigenvalue weighted by Crippen LogP contribution is 2.35. The Labute approximate surface area is 163 Å². The minimum atomic E-state index is -0.188. The van der Waals surface area contributed by atoms with E-state index in [1.807, 2.05) is 30.3 Å². The van der Waals surface area contributed by atoms with E-state index in [0.29, 0.717) is 12.2 Å². The molecule has 7 nitrogen and oxygen atoms in total. The van der Waals surface area contributed by atoms with Crippen molar-refractivity contribution in [3.05, 3.63) is 53.6 Å². The number of methoxy groups -OCH3 is 1. The molecule has 4 rings (SSSR count). The molecule has 1 atom stereocenters. The molecule has 28 heavy (non-hydrogen) atoms. The van der Waals surface area contributed by atoms with Crippen LogP contribution in [-0.4, -0.2) is 34.8 Å². The Morgan fingerprint density at radius 3 is 2.82 bits per heavy atom. The molecule has 3 heterocycles. The number of hydrogen-bond acceptors (Lipinski definition) is 6. The third-order valence-electron chi connectivity index (χ3n) is 5.07. The fraction of sp³-hybridized carbons (Fsp3) is 0.381. The van der Waals surface area contributed by atoms with Gasteiger partial charge < -0.3 is 18.7 Å². The molecule has 0 N–H and O–H groups in total. The summed E-state index contributed by atoms with van der Waals surface area (Å²) in [5, 5.41) is 8.19. The van der Waals surface area contributed by atoms with Gasteiger partial charge in [0, 0.05) is 24.2 Å². The van der Waals surface area contributed by atoms with Gasteiger partial charge in [-0.2, -0.15) is 0 Å². The Morgan fingerprint density at radius 1 is 1.21 bits per heavy atom. The lowest BCUT2D eigenvalue weighted by Gasteiger charge is -2.21. The van der Waals surface area contributed by atoms with E-state index in [1.54, 1.807) is 18.1 Å². The van der Waals surface area contributed by atoms with Gasteiger partial charge in [0.2, 0.25) is 5.76 Å². The first-order chi connectivity index (χ1) is 13.6. The summed E-state index contributed by atoms with van der Waals surface area (Å²) in [5.41, 5.74) is 2.32. The van der Waals surface area contributed by atoms with Crippen LogP contribution in [0.2, 0.25) is 0 Å². The lowest BCUT2D eigenvalue weighted by Crippen LogP contribution is -2.30. The fourth-order valence-corrected chi connectivity index (χ4v) is 3.47. The highest BCUT2D eigenvalue weighted by Gasteiger charge is 2.35. The minimum absolute atomic E-state index is 0.127. The number of likely N-dealkylation sites (tertiary alicyclic amines) is 1. The number of nitrogens with zero attached hydrogens (tertiary/aromatic N) is 3. The van der Waals surface area contributed by atoms with Gasteiger partial charge in [-0.1, -0.05) is 36.3 Å². The molecule has 0 bridgehead atoms. The molecule has 1 amide bonds. The highest BCUT2D eigenvalue weighted by molar-refractivity contribution is 5.93. The highest BCUT2D eigenvalue weighted by atomic mass is 16.5. The monoisotopic (exact) mass is 381 g/mol. The van der Waals surface area contributed by atoms with Gasteiger partial charge in [0.05, 0.1) is 18.8 Å². The Morgan fingerprint density at radius 2 is 2.07 bits per heavy atom. The molecule has 1 unspecified atom stereocenters. The van der Waals surface area contributed by atoms with Crippen molar-refractivity contribution in [3.63, 3.8) is 0 Å². The zero-order valence-corrected chi connectivity index (χ0v) is 16.2. The predicted octanol–water partition coefficient (Wildman–Crippen LogP) is 4.44. The summed E-state index contributed by atoms with van der Waals surface area (Å²) in [6, 6.07) is 11.0. The molecule has 146 valence electrons. The first kappa shape index (κ1) is 18.3. The Kier molecular flexibility index (Phi) is 4.90. The molecule has 1 fully saturated rings. The maximum Gasteiger partial charge on any atom is 0.293 e. The van der Waals surface area contributed by atoms with Crippen molar-refractivity contribution in [1.29, 1.82) is 0 Å². The molecule has 3 aromatic rings. The summed E-state index contributed by atoms with van der Waals surface area (Å²) in [6.45, 7) is 4.78. The van der Waals surface area contributed by atoms with Crippen LogP contribution < -0.4 is 4.74 Å². The van der Waals surface area contributed by atoms with Crippen molar-refractivity contribution in [2.75, 3.05) is 13.7 Å². The number of ether oxygens (including phenoxy) is 1. The largest absolute Gasteiger partial charge is 0.497 e. The summed E-state index contributed by atoms with van der Waals surface area (Å²) >= 11 is 0. The van der Waals surface area contributed by atoms with E-state index in [-0.39, 0.29) is 23.6 Å². The smallest absolute Gasteiger partial charge is 0.293 e. The molecule has 1 saturated heterocycles. The Hall–Kier alpha value is -3.09. The van der Waals surface area contributed by atoms with Crippen LogP contribution in [0, 0.1) is 0 Å². The number of amides is 1. The van der Waals surface area contributed by atoms with Crippen molar-refractivity contribution >= 4 is 5.91 Å². The number of benzene rings is 1. The molecule has 0 aliphatic carbocycles. The maximum absolute atomic E-state index is 13.0. The molecular formula is C21H23N3O4. The van der Waals surface area contributed by atoms with E-state index in [0.717, 1.165) is 35.6 Å². The molecule has 0 saturated carbocycles. The van der Waals surface area contributed by atoms with E-state index >= 15 is 0 Å². The number of carbonyl (C=O) groups excluding carboxylic acids is 1. The molecule has 1 aromatic carbocycles. The standard InChI is InChI=1S/C21H23N3O4/c1-13(2)16-11-19(27-22-16)18-8-5-9-24(18)21(25)20-12-17(23-28-20)14-6-4-7-15(10-14)26-3/h4,6-7,10-13,18H,5,8-9H2,1-3H3. The average Bonchev–Trinajstić information content (AvgIpc) is 3.47. The summed E-state index contributed by atoms with van der Waals surface area (Å²) in [6.07, 6.45) is 1.75. The van der Waals surface area contributed by atoms with E-state index in [1.165, 1.54) is 0 Å². The lowest BCUT2D eigenvalue weighted by molar-refractivity contribution is 0.0672. The van der Waals surface area contributed by atoms with E-state index in [2.05, 4.69) is 24.2 Å². The first-order valence-corrected chi connectivity index (χ1v) is 9.45. The summed E-state index contributed by atoms with van der Waals surface area (Å²) in [4.78, 5) is 14.8. The van der Waals surface area contributed by atoms with Crippen molar-refractivity contribution in [3.8, 4) is 17.0 Å². The van der Waals surface area contributed by atoms with Gasteiger partial charge in [-0.25, -0.2) is 0 Å². The van der Waals surface area contributed by atoms with E-state index in [4.69, 9.17) is 13.8 Å². The Bertz CT molecular complexity index is 975. The first-order valence-electron chi connectivity index (χ1n) is 9.45. The van der Waals surface area contributed by atoms with Crippen LogP contribution in [0.25, 0.3) is 11.3 Å². The third kappa shape index (κ3) is 3.40. The quantitative estimate of drug-likeness (QED) is 0.650. The second-order valence-electron chi connectivity index (χ2n) is 7.27. The van der Waals surface area contributed by atoms with Crippen LogP contribution in [0.15, 0.2) is 45.4 Å².